The zero-order chi connectivity index (χ0) is 21.1. The molecule has 0 amide bonds. The van der Waals surface area contributed by atoms with E-state index in [-0.39, 0.29) is 5.75 Å². The maximum atomic E-state index is 10.9. The largest absolute Gasteiger partial charge is 0.748 e. The highest BCUT2D eigenvalue weighted by molar-refractivity contribution is 7.85. The van der Waals surface area contributed by atoms with Gasteiger partial charge < -0.3 is 9.04 Å². The number of unbranched alkanes of at least 4 members (excludes halogenated alkanes) is 11. The van der Waals surface area contributed by atoms with Gasteiger partial charge in [0.25, 0.3) is 0 Å². The van der Waals surface area contributed by atoms with Gasteiger partial charge in [-0.15, -0.1) is 0 Å². The van der Waals surface area contributed by atoms with E-state index in [0.29, 0.717) is 6.42 Å². The Balaban J connectivity index is 3.97. The fourth-order valence-electron chi connectivity index (χ4n) is 4.48. The second-order valence-electron chi connectivity index (χ2n) is 8.74. The lowest BCUT2D eigenvalue weighted by molar-refractivity contribution is -0.928. The van der Waals surface area contributed by atoms with Crippen LogP contribution >= 0.6 is 0 Å². The van der Waals surface area contributed by atoms with Crippen LogP contribution in [0.15, 0.2) is 0 Å². The summed E-state index contributed by atoms with van der Waals surface area (Å²) in [6.45, 7) is 10.9. The molecule has 0 aliphatic rings. The van der Waals surface area contributed by atoms with Crippen molar-refractivity contribution in [3.63, 3.8) is 0 Å². The average molecular weight is 420 g/mol. The van der Waals surface area contributed by atoms with Crippen molar-refractivity contribution in [2.45, 2.75) is 117 Å². The molecule has 0 heterocycles. The van der Waals surface area contributed by atoms with E-state index in [2.05, 4.69) is 20.8 Å². The molecule has 0 spiro atoms. The van der Waals surface area contributed by atoms with Gasteiger partial charge in [0.2, 0.25) is 0 Å². The maximum Gasteiger partial charge on any atom is 0.0948 e. The van der Waals surface area contributed by atoms with Crippen molar-refractivity contribution in [3.8, 4) is 0 Å². The fourth-order valence-corrected chi connectivity index (χ4v) is 4.97. The Labute approximate surface area is 176 Å². The van der Waals surface area contributed by atoms with Crippen LogP contribution in [0.2, 0.25) is 0 Å². The minimum absolute atomic E-state index is 0.209. The number of rotatable bonds is 21. The predicted molar refractivity (Wildman–Crippen MR) is 121 cm³/mol. The SMILES string of the molecule is CCCCCCCCCCCCCC[N+](CCC)(CCC)CCCS(=O)(=O)[O-]. The Bertz CT molecular complexity index is 431. The van der Waals surface area contributed by atoms with Gasteiger partial charge in [0.1, 0.15) is 0 Å². The molecule has 0 radical (unpaired) electrons. The summed E-state index contributed by atoms with van der Waals surface area (Å²) in [5.41, 5.74) is 0. The lowest BCUT2D eigenvalue weighted by atomic mass is 10.0. The minimum atomic E-state index is -4.08. The highest BCUT2D eigenvalue weighted by Gasteiger charge is 2.24. The van der Waals surface area contributed by atoms with Crippen LogP contribution < -0.4 is 0 Å². The molecule has 0 N–H and O–H groups in total. The molecule has 0 fully saturated rings. The van der Waals surface area contributed by atoms with Crippen molar-refractivity contribution in [2.75, 3.05) is 31.9 Å². The smallest absolute Gasteiger partial charge is 0.0948 e. The van der Waals surface area contributed by atoms with Crippen LogP contribution in [0.4, 0.5) is 0 Å². The summed E-state index contributed by atoms with van der Waals surface area (Å²) in [6, 6.07) is 0. The van der Waals surface area contributed by atoms with Crippen molar-refractivity contribution >= 4 is 10.1 Å². The van der Waals surface area contributed by atoms with Crippen LogP contribution in [-0.2, 0) is 10.1 Å². The minimum Gasteiger partial charge on any atom is -0.748 e. The summed E-state index contributed by atoms with van der Waals surface area (Å²) >= 11 is 0. The number of hydrogen-bond acceptors (Lipinski definition) is 3. The molecule has 5 heteroatoms. The summed E-state index contributed by atoms with van der Waals surface area (Å²) in [5, 5.41) is 0. The van der Waals surface area contributed by atoms with E-state index in [0.717, 1.165) is 43.5 Å². The third-order valence-corrected chi connectivity index (χ3v) is 6.70. The molecule has 0 unspecified atom stereocenters. The topological polar surface area (TPSA) is 57.2 Å². The van der Waals surface area contributed by atoms with E-state index in [1.54, 1.807) is 0 Å². The van der Waals surface area contributed by atoms with Gasteiger partial charge in [-0.05, 0) is 25.7 Å². The van der Waals surface area contributed by atoms with Crippen molar-refractivity contribution in [2.24, 2.45) is 0 Å². The molecule has 0 saturated heterocycles. The number of hydrogen-bond donors (Lipinski definition) is 0. The van der Waals surface area contributed by atoms with Crippen molar-refractivity contribution in [3.05, 3.63) is 0 Å². The quantitative estimate of drug-likeness (QED) is 0.125. The molecule has 0 bridgehead atoms. The van der Waals surface area contributed by atoms with Crippen LogP contribution in [-0.4, -0.2) is 49.4 Å². The Morgan fingerprint density at radius 1 is 0.536 bits per heavy atom. The monoisotopic (exact) mass is 419 g/mol. The van der Waals surface area contributed by atoms with Gasteiger partial charge in [0.05, 0.1) is 36.3 Å². The van der Waals surface area contributed by atoms with Gasteiger partial charge in [-0.3, -0.25) is 0 Å². The van der Waals surface area contributed by atoms with Gasteiger partial charge in [0.15, 0.2) is 0 Å². The molecule has 4 nitrogen and oxygen atoms in total. The molecule has 0 aromatic heterocycles. The molecule has 28 heavy (non-hydrogen) atoms. The maximum absolute atomic E-state index is 10.9. The molecule has 0 saturated carbocycles. The summed E-state index contributed by atoms with van der Waals surface area (Å²) in [7, 11) is -4.08. The van der Waals surface area contributed by atoms with Crippen LogP contribution in [0.3, 0.4) is 0 Å². The molecule has 0 aliphatic carbocycles. The highest BCUT2D eigenvalue weighted by atomic mass is 32.2. The van der Waals surface area contributed by atoms with Crippen LogP contribution in [0.5, 0.6) is 0 Å². The van der Waals surface area contributed by atoms with Gasteiger partial charge in [-0.25, -0.2) is 8.42 Å². The first-order valence-electron chi connectivity index (χ1n) is 12.2. The molecule has 0 aromatic carbocycles. The first kappa shape index (κ1) is 27.9. The average Bonchev–Trinajstić information content (AvgIpc) is 2.62. The van der Waals surface area contributed by atoms with Crippen molar-refractivity contribution < 1.29 is 17.5 Å². The third-order valence-electron chi connectivity index (χ3n) is 5.91. The lowest BCUT2D eigenvalue weighted by Gasteiger charge is -2.39. The van der Waals surface area contributed by atoms with E-state index in [1.807, 2.05) is 0 Å². The van der Waals surface area contributed by atoms with Crippen molar-refractivity contribution in [1.82, 2.24) is 0 Å². The summed E-state index contributed by atoms with van der Waals surface area (Å²) in [6.07, 6.45) is 19.0. The summed E-state index contributed by atoms with van der Waals surface area (Å²) in [5.74, 6) is -0.209. The molecule has 0 aromatic rings. The Kier molecular flexibility index (Phi) is 17.6. The summed E-state index contributed by atoms with van der Waals surface area (Å²) in [4.78, 5) is 0. The van der Waals surface area contributed by atoms with Gasteiger partial charge >= 0.3 is 0 Å². The van der Waals surface area contributed by atoms with Gasteiger partial charge in [0, 0.05) is 12.2 Å². The third kappa shape index (κ3) is 16.8. The first-order chi connectivity index (χ1) is 13.4. The van der Waals surface area contributed by atoms with E-state index in [1.165, 1.54) is 77.0 Å². The van der Waals surface area contributed by atoms with Crippen LogP contribution in [0.25, 0.3) is 0 Å². The standard InChI is InChI=1S/C23H49NO3S/c1-4-7-8-9-10-11-12-13-14-15-16-17-21-24(19-5-2,20-6-3)22-18-23-28(25,26)27/h4-23H2,1-3H3. The second-order valence-corrected chi connectivity index (χ2v) is 10.3. The van der Waals surface area contributed by atoms with Gasteiger partial charge in [-0.1, -0.05) is 85.0 Å². The zero-order valence-electron chi connectivity index (χ0n) is 19.2. The molecule has 0 atom stereocenters. The van der Waals surface area contributed by atoms with Crippen molar-refractivity contribution in [1.29, 1.82) is 0 Å². The molecular weight excluding hydrogens is 370 g/mol. The van der Waals surface area contributed by atoms with Gasteiger partial charge in [-0.2, -0.15) is 0 Å². The Morgan fingerprint density at radius 3 is 1.32 bits per heavy atom. The normalized spacial score (nSPS) is 12.6. The second kappa shape index (κ2) is 17.7. The first-order valence-corrected chi connectivity index (χ1v) is 13.8. The Hall–Kier alpha value is -0.130. The molecule has 170 valence electrons. The predicted octanol–water partition coefficient (Wildman–Crippen LogP) is 6.26. The van der Waals surface area contributed by atoms with E-state index < -0.39 is 10.1 Å². The Morgan fingerprint density at radius 2 is 0.929 bits per heavy atom. The molecule has 0 rings (SSSR count). The fraction of sp³-hybridized carbons (Fsp3) is 1.00. The summed E-state index contributed by atoms with van der Waals surface area (Å²) < 4.78 is 33.8. The number of quaternary nitrogens is 1. The van der Waals surface area contributed by atoms with Crippen LogP contribution in [0, 0.1) is 0 Å². The van der Waals surface area contributed by atoms with E-state index >= 15 is 0 Å². The molecular formula is C23H49NO3S. The number of nitrogens with zero attached hydrogens (tertiary/aromatic N) is 1. The molecule has 0 aliphatic heterocycles. The zero-order valence-corrected chi connectivity index (χ0v) is 20.0. The van der Waals surface area contributed by atoms with E-state index in [9.17, 15) is 13.0 Å². The lowest BCUT2D eigenvalue weighted by Crippen LogP contribution is -2.50. The van der Waals surface area contributed by atoms with E-state index in [4.69, 9.17) is 0 Å². The highest BCUT2D eigenvalue weighted by Crippen LogP contribution is 2.17. The van der Waals surface area contributed by atoms with Crippen LogP contribution in [0.1, 0.15) is 117 Å².